The summed E-state index contributed by atoms with van der Waals surface area (Å²) < 4.78 is 30.3. The minimum absolute atomic E-state index is 0.0345. The van der Waals surface area contributed by atoms with Gasteiger partial charge in [0.2, 0.25) is 5.91 Å². The molecule has 9 nitrogen and oxygen atoms in total. The highest BCUT2D eigenvalue weighted by molar-refractivity contribution is 7.45. The van der Waals surface area contributed by atoms with Gasteiger partial charge in [0.05, 0.1) is 33.8 Å². The van der Waals surface area contributed by atoms with Crippen molar-refractivity contribution in [2.45, 2.75) is 290 Å². The van der Waals surface area contributed by atoms with Gasteiger partial charge in [0.1, 0.15) is 19.3 Å². The van der Waals surface area contributed by atoms with Gasteiger partial charge in [0, 0.05) is 12.8 Å². The Hall–Kier alpha value is -3.33. The van der Waals surface area contributed by atoms with Crippen molar-refractivity contribution in [1.29, 1.82) is 0 Å². The van der Waals surface area contributed by atoms with E-state index in [1.807, 2.05) is 94.1 Å². The SMILES string of the molecule is CC\C=C/C=C/C=C/C=C\C=C\C=C\CCCCCC(=O)OC(/C=C\CCCCCCCCCCCCC)C(COP(=O)([O-])OCC[N+](C)(C)C)NC(=O)CCCCCCCCCCCCCCCCC/C=C\C/C=C\CCCCC. The van der Waals surface area contributed by atoms with Gasteiger partial charge in [0.15, 0.2) is 0 Å². The Bertz CT molecular complexity index is 1750. The van der Waals surface area contributed by atoms with E-state index in [-0.39, 0.29) is 24.9 Å². The molecule has 3 unspecified atom stereocenters. The fraction of sp³-hybridized carbons (Fsp3) is 0.718. The summed E-state index contributed by atoms with van der Waals surface area (Å²) in [5, 5.41) is 3.02. The molecular weight excluding hydrogens is 1020 g/mol. The number of quaternary nitrogens is 1. The molecule has 0 spiro atoms. The van der Waals surface area contributed by atoms with E-state index in [0.29, 0.717) is 23.9 Å². The van der Waals surface area contributed by atoms with Crippen LogP contribution in [-0.4, -0.2) is 69.4 Å². The lowest BCUT2D eigenvalue weighted by Crippen LogP contribution is -2.47. The molecule has 0 aromatic rings. The van der Waals surface area contributed by atoms with Gasteiger partial charge in [-0.05, 0) is 83.1 Å². The predicted octanol–water partition coefficient (Wildman–Crippen LogP) is 20.3. The maximum Gasteiger partial charge on any atom is 0.306 e. The summed E-state index contributed by atoms with van der Waals surface area (Å²) in [6.07, 6.45) is 82.1. The molecule has 0 heterocycles. The van der Waals surface area contributed by atoms with Crippen molar-refractivity contribution >= 4 is 19.7 Å². The van der Waals surface area contributed by atoms with Crippen LogP contribution in [0.3, 0.4) is 0 Å². The van der Waals surface area contributed by atoms with Crippen LogP contribution in [0.4, 0.5) is 0 Å². The Morgan fingerprint density at radius 2 is 0.840 bits per heavy atom. The van der Waals surface area contributed by atoms with E-state index < -0.39 is 26.6 Å². The number of ether oxygens (including phenoxy) is 1. The normalized spacial score (nSPS) is 14.3. The highest BCUT2D eigenvalue weighted by Gasteiger charge is 2.27. The van der Waals surface area contributed by atoms with E-state index in [1.54, 1.807) is 0 Å². The maximum absolute atomic E-state index is 13.6. The van der Waals surface area contributed by atoms with E-state index in [4.69, 9.17) is 13.8 Å². The van der Waals surface area contributed by atoms with Gasteiger partial charge in [-0.3, -0.25) is 14.2 Å². The van der Waals surface area contributed by atoms with Crippen molar-refractivity contribution in [3.8, 4) is 0 Å². The van der Waals surface area contributed by atoms with Crippen molar-refractivity contribution < 1.29 is 37.3 Å². The number of carbonyl (C=O) groups excluding carboxylic acids is 2. The first kappa shape index (κ1) is 77.7. The second-order valence-corrected chi connectivity index (χ2v) is 24.8. The molecule has 10 heteroatoms. The van der Waals surface area contributed by atoms with Crippen LogP contribution < -0.4 is 10.2 Å². The van der Waals surface area contributed by atoms with Gasteiger partial charge in [0.25, 0.3) is 7.82 Å². The lowest BCUT2D eigenvalue weighted by Gasteiger charge is -2.30. The molecular formula is C71H125N2O7P. The number of hydrogen-bond acceptors (Lipinski definition) is 7. The van der Waals surface area contributed by atoms with E-state index in [9.17, 15) is 19.0 Å². The van der Waals surface area contributed by atoms with Gasteiger partial charge in [-0.1, -0.05) is 291 Å². The standard InChI is InChI=1S/C71H125N2O7P/c1-7-10-13-16-19-22-25-28-30-32-33-34-35-36-37-38-39-41-42-45-48-51-54-57-60-63-70(74)72-68(67-79-81(76,77)78-66-65-73(4,5)6)69(62-59-56-53-50-47-44-27-24-21-18-15-12-9-3)80-71(75)64-61-58-55-52-49-46-43-40-31-29-26-23-20-17-14-11-8-2/h11,14,17,19-20,22-23,26,28-31,40,43,46,49,59,62,68-69H,7-10,12-13,15-16,18,21,24-25,27,32-39,41-42,44-45,47-48,50-58,60-61,63-67H2,1-6H3,(H-,72,74,76,77)/b14-11-,20-17+,22-19-,26-23+,30-28-,31-29-,43-40+,49-46+,62-59-. The van der Waals surface area contributed by atoms with Gasteiger partial charge < -0.3 is 28.5 Å². The first-order valence-electron chi connectivity index (χ1n) is 33.3. The molecule has 0 aromatic carbocycles. The molecule has 466 valence electrons. The molecule has 0 rings (SSSR count). The summed E-state index contributed by atoms with van der Waals surface area (Å²) in [5.41, 5.74) is 0. The Kier molecular flexibility index (Phi) is 57.4. The number of phosphoric ester groups is 1. The van der Waals surface area contributed by atoms with Crippen LogP contribution >= 0.6 is 7.82 Å². The minimum atomic E-state index is -4.72. The lowest BCUT2D eigenvalue weighted by atomic mass is 10.0. The number of carbonyl (C=O) groups is 2. The van der Waals surface area contributed by atoms with Crippen LogP contribution in [0, 0.1) is 0 Å². The fourth-order valence-electron chi connectivity index (χ4n) is 9.23. The number of nitrogens with one attached hydrogen (secondary N) is 1. The molecule has 0 saturated heterocycles. The zero-order chi connectivity index (χ0) is 59.3. The quantitative estimate of drug-likeness (QED) is 0.0161. The van der Waals surface area contributed by atoms with Crippen LogP contribution in [-0.2, 0) is 27.9 Å². The first-order valence-corrected chi connectivity index (χ1v) is 34.7. The molecule has 0 bridgehead atoms. The van der Waals surface area contributed by atoms with E-state index in [2.05, 4.69) is 62.5 Å². The summed E-state index contributed by atoms with van der Waals surface area (Å²) in [6.45, 7) is 6.65. The van der Waals surface area contributed by atoms with Gasteiger partial charge >= 0.3 is 5.97 Å². The second kappa shape index (κ2) is 59.8. The number of esters is 1. The molecule has 0 radical (unpaired) electrons. The summed E-state index contributed by atoms with van der Waals surface area (Å²) in [4.78, 5) is 40.1. The first-order chi connectivity index (χ1) is 39.4. The zero-order valence-electron chi connectivity index (χ0n) is 53.2. The molecule has 0 saturated carbocycles. The van der Waals surface area contributed by atoms with Crippen molar-refractivity contribution in [3.63, 3.8) is 0 Å². The lowest BCUT2D eigenvalue weighted by molar-refractivity contribution is -0.870. The van der Waals surface area contributed by atoms with Crippen LogP contribution in [0.15, 0.2) is 109 Å². The Morgan fingerprint density at radius 3 is 1.32 bits per heavy atom. The summed E-state index contributed by atoms with van der Waals surface area (Å²) in [6, 6.07) is -0.914. The number of unbranched alkanes of at least 4 members (excludes halogenated alkanes) is 32. The molecule has 1 N–H and O–H groups in total. The van der Waals surface area contributed by atoms with E-state index in [0.717, 1.165) is 70.6 Å². The Balaban J connectivity index is 5.20. The molecule has 0 aromatic heterocycles. The van der Waals surface area contributed by atoms with Gasteiger partial charge in [-0.15, -0.1) is 0 Å². The van der Waals surface area contributed by atoms with Gasteiger partial charge in [-0.25, -0.2) is 0 Å². The minimum Gasteiger partial charge on any atom is -0.756 e. The van der Waals surface area contributed by atoms with Gasteiger partial charge in [-0.2, -0.15) is 0 Å². The third-order valence-electron chi connectivity index (χ3n) is 14.3. The molecule has 0 aliphatic carbocycles. The van der Waals surface area contributed by atoms with E-state index in [1.165, 1.54) is 167 Å². The van der Waals surface area contributed by atoms with Crippen LogP contribution in [0.2, 0.25) is 0 Å². The molecule has 0 aliphatic heterocycles. The third-order valence-corrected chi connectivity index (χ3v) is 15.3. The number of hydrogen-bond donors (Lipinski definition) is 1. The monoisotopic (exact) mass is 1150 g/mol. The highest BCUT2D eigenvalue weighted by atomic mass is 31.2. The number of nitrogens with zero attached hydrogens (tertiary/aromatic N) is 1. The third kappa shape index (κ3) is 61.1. The second-order valence-electron chi connectivity index (χ2n) is 23.4. The smallest absolute Gasteiger partial charge is 0.306 e. The Morgan fingerprint density at radius 1 is 0.457 bits per heavy atom. The predicted molar refractivity (Wildman–Crippen MR) is 348 cm³/mol. The highest BCUT2D eigenvalue weighted by Crippen LogP contribution is 2.38. The average Bonchev–Trinajstić information content (AvgIpc) is 3.44. The van der Waals surface area contributed by atoms with Crippen molar-refractivity contribution in [2.24, 2.45) is 0 Å². The number of amides is 1. The topological polar surface area (TPSA) is 114 Å². The molecule has 0 fully saturated rings. The van der Waals surface area contributed by atoms with E-state index >= 15 is 0 Å². The van der Waals surface area contributed by atoms with Crippen molar-refractivity contribution in [3.05, 3.63) is 109 Å². The largest absolute Gasteiger partial charge is 0.756 e. The molecule has 81 heavy (non-hydrogen) atoms. The van der Waals surface area contributed by atoms with Crippen LogP contribution in [0.1, 0.15) is 278 Å². The average molecular weight is 1150 g/mol. The summed E-state index contributed by atoms with van der Waals surface area (Å²) in [5.74, 6) is -0.592. The summed E-state index contributed by atoms with van der Waals surface area (Å²) >= 11 is 0. The molecule has 3 atom stereocenters. The zero-order valence-corrected chi connectivity index (χ0v) is 54.1. The van der Waals surface area contributed by atoms with Crippen LogP contribution in [0.25, 0.3) is 0 Å². The number of likely N-dealkylation sites (N-methyl/N-ethyl adjacent to an activating group) is 1. The molecule has 1 amide bonds. The number of rotatable bonds is 59. The Labute approximate surface area is 500 Å². The van der Waals surface area contributed by atoms with Crippen molar-refractivity contribution in [1.82, 2.24) is 5.32 Å². The van der Waals surface area contributed by atoms with Crippen LogP contribution in [0.5, 0.6) is 0 Å². The number of phosphoric acid groups is 1. The number of allylic oxidation sites excluding steroid dienone is 17. The van der Waals surface area contributed by atoms with Crippen molar-refractivity contribution in [2.75, 3.05) is 40.9 Å². The fourth-order valence-corrected chi connectivity index (χ4v) is 9.95. The summed E-state index contributed by atoms with van der Waals surface area (Å²) in [7, 11) is 1.15. The molecule has 0 aliphatic rings. The maximum atomic E-state index is 13.6.